The molecular formula is C21H25NO5S. The minimum atomic E-state index is -1.40. The predicted octanol–water partition coefficient (Wildman–Crippen LogP) is 5.03. The number of carbonyl (C=O) groups is 2. The summed E-state index contributed by atoms with van der Waals surface area (Å²) in [6.07, 6.45) is -0.328. The van der Waals surface area contributed by atoms with E-state index in [0.717, 1.165) is 16.9 Å². The van der Waals surface area contributed by atoms with E-state index < -0.39 is 12.3 Å². The molecule has 1 aromatic heterocycles. The number of anilines is 1. The van der Waals surface area contributed by atoms with Crippen molar-refractivity contribution in [3.05, 3.63) is 36.4 Å². The average Bonchev–Trinajstić information content (AvgIpc) is 3.05. The molecule has 150 valence electrons. The van der Waals surface area contributed by atoms with E-state index in [2.05, 4.69) is 6.92 Å². The molecule has 1 saturated heterocycles. The van der Waals surface area contributed by atoms with Gasteiger partial charge in [0.2, 0.25) is 5.06 Å². The number of nitrogens with zero attached hydrogens (tertiary/aromatic N) is 1. The molecule has 2 unspecified atom stereocenters. The van der Waals surface area contributed by atoms with Crippen LogP contribution in [0.1, 0.15) is 33.6 Å². The summed E-state index contributed by atoms with van der Waals surface area (Å²) >= 11 is 1.21. The van der Waals surface area contributed by atoms with Crippen LogP contribution >= 0.6 is 11.3 Å². The first-order chi connectivity index (χ1) is 13.4. The predicted molar refractivity (Wildman–Crippen MR) is 109 cm³/mol. The van der Waals surface area contributed by atoms with E-state index in [1.54, 1.807) is 4.90 Å². The molecule has 1 aliphatic heterocycles. The second kappa shape index (κ2) is 8.75. The highest BCUT2D eigenvalue weighted by atomic mass is 32.1. The van der Waals surface area contributed by atoms with Gasteiger partial charge in [0.1, 0.15) is 6.10 Å². The van der Waals surface area contributed by atoms with Crippen LogP contribution < -0.4 is 9.64 Å². The number of amides is 1. The molecule has 0 radical (unpaired) electrons. The van der Waals surface area contributed by atoms with Gasteiger partial charge in [0.25, 0.3) is 5.91 Å². The van der Waals surface area contributed by atoms with E-state index in [1.165, 1.54) is 11.3 Å². The molecular weight excluding hydrogens is 378 g/mol. The Morgan fingerprint density at radius 2 is 1.96 bits per heavy atom. The molecule has 1 amide bonds. The summed E-state index contributed by atoms with van der Waals surface area (Å²) < 4.78 is 10.8. The zero-order valence-electron chi connectivity index (χ0n) is 16.3. The fourth-order valence-electron chi connectivity index (χ4n) is 3.31. The maximum Gasteiger partial charge on any atom is 0.512 e. The Morgan fingerprint density at radius 3 is 2.54 bits per heavy atom. The molecule has 0 aliphatic carbocycles. The third kappa shape index (κ3) is 4.54. The molecule has 0 bridgehead atoms. The summed E-state index contributed by atoms with van der Waals surface area (Å²) in [4.78, 5) is 26.9. The lowest BCUT2D eigenvalue weighted by Gasteiger charge is -2.33. The molecule has 1 N–H and O–H groups in total. The van der Waals surface area contributed by atoms with Crippen molar-refractivity contribution in [3.63, 3.8) is 0 Å². The minimum Gasteiger partial charge on any atom is -0.449 e. The van der Waals surface area contributed by atoms with Crippen molar-refractivity contribution in [2.75, 3.05) is 11.5 Å². The number of thiophene rings is 1. The highest BCUT2D eigenvalue weighted by Gasteiger charge is 2.34. The van der Waals surface area contributed by atoms with Crippen molar-refractivity contribution in [2.45, 2.75) is 45.8 Å². The molecule has 2 atom stereocenters. The summed E-state index contributed by atoms with van der Waals surface area (Å²) in [6, 6.07) is 11.3. The lowest BCUT2D eigenvalue weighted by Crippen LogP contribution is -2.46. The zero-order chi connectivity index (χ0) is 20.3. The molecule has 28 heavy (non-hydrogen) atoms. The molecule has 1 fully saturated rings. The Hall–Kier alpha value is -2.38. The fraction of sp³-hybridized carbons (Fsp3) is 0.429. The minimum absolute atomic E-state index is 0.158. The molecule has 0 saturated carbocycles. The van der Waals surface area contributed by atoms with Crippen LogP contribution in [0, 0.1) is 5.92 Å². The maximum absolute atomic E-state index is 13.2. The summed E-state index contributed by atoms with van der Waals surface area (Å²) in [5, 5.41) is 9.36. The molecule has 2 aromatic rings. The standard InChI is InChI=1S/C21H25NO5S/c1-13(2)22(19(23)17-10-9-14(3)12-26-17)16-11-18(15-7-5-4-6-8-15)28-20(16)27-21(24)25/h4-8,11,13-14,17H,9-10,12H2,1-3H3,(H,24,25). The molecule has 7 heteroatoms. The van der Waals surface area contributed by atoms with Gasteiger partial charge in [0.05, 0.1) is 12.3 Å². The Balaban J connectivity index is 1.98. The van der Waals surface area contributed by atoms with Gasteiger partial charge in [0.15, 0.2) is 0 Å². The Bertz CT molecular complexity index is 825. The van der Waals surface area contributed by atoms with Crippen LogP contribution in [0.15, 0.2) is 36.4 Å². The number of benzene rings is 1. The van der Waals surface area contributed by atoms with Gasteiger partial charge >= 0.3 is 6.16 Å². The van der Waals surface area contributed by atoms with E-state index in [9.17, 15) is 9.59 Å². The van der Waals surface area contributed by atoms with Crippen LogP contribution in [-0.2, 0) is 9.53 Å². The van der Waals surface area contributed by atoms with Gasteiger partial charge in [-0.05, 0) is 44.2 Å². The quantitative estimate of drug-likeness (QED) is 0.709. The highest BCUT2D eigenvalue weighted by molar-refractivity contribution is 7.18. The van der Waals surface area contributed by atoms with Gasteiger partial charge < -0.3 is 19.5 Å². The summed E-state index contributed by atoms with van der Waals surface area (Å²) in [7, 11) is 0. The van der Waals surface area contributed by atoms with E-state index in [0.29, 0.717) is 24.6 Å². The third-order valence-corrected chi connectivity index (χ3v) is 5.76. The largest absolute Gasteiger partial charge is 0.512 e. The SMILES string of the molecule is CC1CCC(C(=O)N(c2cc(-c3ccccc3)sc2OC(=O)O)C(C)C)OC1. The third-order valence-electron chi connectivity index (χ3n) is 4.71. The van der Waals surface area contributed by atoms with Gasteiger partial charge in [-0.15, -0.1) is 0 Å². The van der Waals surface area contributed by atoms with Crippen LogP contribution in [0.3, 0.4) is 0 Å². The van der Waals surface area contributed by atoms with Gasteiger partial charge in [-0.1, -0.05) is 48.6 Å². The van der Waals surface area contributed by atoms with Crippen LogP contribution in [-0.4, -0.2) is 35.9 Å². The van der Waals surface area contributed by atoms with E-state index >= 15 is 0 Å². The summed E-state index contributed by atoms with van der Waals surface area (Å²) in [6.45, 7) is 6.45. The molecule has 3 rings (SSSR count). The van der Waals surface area contributed by atoms with E-state index in [-0.39, 0.29) is 17.0 Å². The first kappa shape index (κ1) is 20.4. The number of rotatable bonds is 5. The van der Waals surface area contributed by atoms with Gasteiger partial charge in [0, 0.05) is 10.9 Å². The monoisotopic (exact) mass is 403 g/mol. The summed E-state index contributed by atoms with van der Waals surface area (Å²) in [5.74, 6) is 0.280. The molecule has 1 aromatic carbocycles. The lowest BCUT2D eigenvalue weighted by atomic mass is 9.99. The van der Waals surface area contributed by atoms with Crippen molar-refractivity contribution in [3.8, 4) is 15.5 Å². The number of hydrogen-bond donors (Lipinski definition) is 1. The molecule has 1 aliphatic rings. The number of carboxylic acid groups (broad SMARTS) is 1. The highest BCUT2D eigenvalue weighted by Crippen LogP contribution is 2.44. The van der Waals surface area contributed by atoms with E-state index in [4.69, 9.17) is 14.6 Å². The first-order valence-electron chi connectivity index (χ1n) is 9.41. The lowest BCUT2D eigenvalue weighted by molar-refractivity contribution is -0.134. The zero-order valence-corrected chi connectivity index (χ0v) is 17.1. The normalized spacial score (nSPS) is 19.4. The summed E-state index contributed by atoms with van der Waals surface area (Å²) in [5.41, 5.74) is 1.40. The molecule has 6 nitrogen and oxygen atoms in total. The smallest absolute Gasteiger partial charge is 0.449 e. The topological polar surface area (TPSA) is 76.1 Å². The van der Waals surface area contributed by atoms with Crippen molar-refractivity contribution < 1.29 is 24.2 Å². The van der Waals surface area contributed by atoms with Crippen LogP contribution in [0.4, 0.5) is 10.5 Å². The second-order valence-electron chi connectivity index (χ2n) is 7.32. The molecule has 0 spiro atoms. The van der Waals surface area contributed by atoms with Gasteiger partial charge in [-0.3, -0.25) is 4.79 Å². The van der Waals surface area contributed by atoms with Crippen molar-refractivity contribution in [2.24, 2.45) is 5.92 Å². The van der Waals surface area contributed by atoms with Gasteiger partial charge in [-0.25, -0.2) is 4.79 Å². The number of ether oxygens (including phenoxy) is 2. The fourth-order valence-corrected chi connectivity index (χ4v) is 4.31. The Kier molecular flexibility index (Phi) is 6.36. The van der Waals surface area contributed by atoms with Crippen LogP contribution in [0.5, 0.6) is 5.06 Å². The Labute approximate surface area is 168 Å². The molecule has 2 heterocycles. The van der Waals surface area contributed by atoms with Gasteiger partial charge in [-0.2, -0.15) is 0 Å². The number of carbonyl (C=O) groups excluding carboxylic acids is 1. The van der Waals surface area contributed by atoms with Crippen molar-refractivity contribution in [1.82, 2.24) is 0 Å². The van der Waals surface area contributed by atoms with Crippen molar-refractivity contribution >= 4 is 29.1 Å². The van der Waals surface area contributed by atoms with Crippen LogP contribution in [0.2, 0.25) is 0 Å². The number of hydrogen-bond acceptors (Lipinski definition) is 5. The van der Waals surface area contributed by atoms with Crippen molar-refractivity contribution in [1.29, 1.82) is 0 Å². The second-order valence-corrected chi connectivity index (χ2v) is 8.34. The first-order valence-corrected chi connectivity index (χ1v) is 10.2. The van der Waals surface area contributed by atoms with Crippen LogP contribution in [0.25, 0.3) is 10.4 Å². The van der Waals surface area contributed by atoms with E-state index in [1.807, 2.05) is 50.2 Å². The Morgan fingerprint density at radius 1 is 1.25 bits per heavy atom. The average molecular weight is 404 g/mol. The maximum atomic E-state index is 13.2.